The Morgan fingerprint density at radius 1 is 1.29 bits per heavy atom. The van der Waals surface area contributed by atoms with Gasteiger partial charge in [0.1, 0.15) is 0 Å². The van der Waals surface area contributed by atoms with Gasteiger partial charge < -0.3 is 5.32 Å². The Hall–Kier alpha value is -0.620. The van der Waals surface area contributed by atoms with Gasteiger partial charge in [-0.3, -0.25) is 4.79 Å². The van der Waals surface area contributed by atoms with E-state index < -0.39 is 10.0 Å². The number of unbranched alkanes of at least 4 members (excludes halogenated alkanes) is 1. The minimum Gasteiger partial charge on any atom is -0.355 e. The smallest absolute Gasteiger partial charge is 0.235 e. The first-order valence-corrected chi connectivity index (χ1v) is 6.41. The van der Waals surface area contributed by atoms with Crippen LogP contribution < -0.4 is 10.0 Å². The molecule has 6 heteroatoms. The molecule has 0 fully saturated rings. The highest BCUT2D eigenvalue weighted by Crippen LogP contribution is 1.83. The van der Waals surface area contributed by atoms with E-state index in [1.807, 2.05) is 6.92 Å². The van der Waals surface area contributed by atoms with E-state index in [-0.39, 0.29) is 18.2 Å². The van der Waals surface area contributed by atoms with E-state index in [0.29, 0.717) is 6.54 Å². The quantitative estimate of drug-likeness (QED) is 0.588. The molecule has 0 bridgehead atoms. The number of hydrogen-bond acceptors (Lipinski definition) is 3. The third kappa shape index (κ3) is 6.85. The fourth-order valence-corrected chi connectivity index (χ4v) is 1.30. The predicted octanol–water partition coefficient (Wildman–Crippen LogP) is -0.158. The zero-order valence-electron chi connectivity index (χ0n) is 8.67. The van der Waals surface area contributed by atoms with Crippen LogP contribution in [0.1, 0.15) is 26.7 Å². The van der Waals surface area contributed by atoms with Crippen molar-refractivity contribution in [3.8, 4) is 0 Å². The first kappa shape index (κ1) is 13.4. The SMILES string of the molecule is CCCCNC(=O)CNS(=O)(=O)CC. The number of rotatable bonds is 7. The van der Waals surface area contributed by atoms with Crippen LogP contribution in [0.4, 0.5) is 0 Å². The van der Waals surface area contributed by atoms with Crippen LogP contribution in [0.2, 0.25) is 0 Å². The van der Waals surface area contributed by atoms with Gasteiger partial charge in [0.2, 0.25) is 15.9 Å². The third-order valence-corrected chi connectivity index (χ3v) is 3.03. The molecule has 0 aromatic carbocycles. The predicted molar refractivity (Wildman–Crippen MR) is 55.4 cm³/mol. The summed E-state index contributed by atoms with van der Waals surface area (Å²) in [5, 5.41) is 2.61. The summed E-state index contributed by atoms with van der Waals surface area (Å²) in [6.45, 7) is 3.98. The molecule has 0 heterocycles. The topological polar surface area (TPSA) is 75.3 Å². The largest absolute Gasteiger partial charge is 0.355 e. The second kappa shape index (κ2) is 6.78. The van der Waals surface area contributed by atoms with Crippen molar-refractivity contribution in [3.05, 3.63) is 0 Å². The highest BCUT2D eigenvalue weighted by atomic mass is 32.2. The van der Waals surface area contributed by atoms with Crippen LogP contribution >= 0.6 is 0 Å². The molecule has 0 aliphatic heterocycles. The second-order valence-electron chi connectivity index (χ2n) is 2.93. The Morgan fingerprint density at radius 2 is 1.93 bits per heavy atom. The van der Waals surface area contributed by atoms with Crippen molar-refractivity contribution in [2.45, 2.75) is 26.7 Å². The van der Waals surface area contributed by atoms with E-state index >= 15 is 0 Å². The van der Waals surface area contributed by atoms with Crippen molar-refractivity contribution >= 4 is 15.9 Å². The molecule has 0 saturated heterocycles. The van der Waals surface area contributed by atoms with Crippen LogP contribution in [0.3, 0.4) is 0 Å². The first-order chi connectivity index (χ1) is 6.52. The molecule has 84 valence electrons. The molecule has 0 rings (SSSR count). The summed E-state index contributed by atoms with van der Waals surface area (Å²) < 4.78 is 24.1. The van der Waals surface area contributed by atoms with E-state index in [1.54, 1.807) is 0 Å². The number of nitrogens with one attached hydrogen (secondary N) is 2. The average molecular weight is 222 g/mol. The Bertz CT molecular complexity index is 262. The van der Waals surface area contributed by atoms with E-state index in [2.05, 4.69) is 10.0 Å². The molecule has 0 aliphatic carbocycles. The second-order valence-corrected chi connectivity index (χ2v) is 5.02. The molecule has 0 aromatic heterocycles. The Morgan fingerprint density at radius 3 is 2.43 bits per heavy atom. The van der Waals surface area contributed by atoms with Gasteiger partial charge in [-0.05, 0) is 13.3 Å². The van der Waals surface area contributed by atoms with E-state index in [0.717, 1.165) is 12.8 Å². The van der Waals surface area contributed by atoms with Crippen molar-refractivity contribution in [2.24, 2.45) is 0 Å². The maximum Gasteiger partial charge on any atom is 0.235 e. The lowest BCUT2D eigenvalue weighted by molar-refractivity contribution is -0.119. The van der Waals surface area contributed by atoms with Gasteiger partial charge in [-0.25, -0.2) is 13.1 Å². The fourth-order valence-electron chi connectivity index (χ4n) is 0.745. The van der Waals surface area contributed by atoms with Crippen LogP contribution in [-0.4, -0.2) is 33.2 Å². The maximum atomic E-state index is 11.0. The minimum absolute atomic E-state index is 0.00472. The van der Waals surface area contributed by atoms with Gasteiger partial charge in [-0.1, -0.05) is 13.3 Å². The average Bonchev–Trinajstić information content (AvgIpc) is 2.16. The summed E-state index contributed by atoms with van der Waals surface area (Å²) in [5.74, 6) is -0.287. The highest BCUT2D eigenvalue weighted by molar-refractivity contribution is 7.89. The normalized spacial score (nSPS) is 11.3. The first-order valence-electron chi connectivity index (χ1n) is 4.76. The number of carbonyl (C=O) groups is 1. The van der Waals surface area contributed by atoms with Gasteiger partial charge in [0.25, 0.3) is 0 Å². The number of amides is 1. The van der Waals surface area contributed by atoms with E-state index in [1.165, 1.54) is 6.92 Å². The van der Waals surface area contributed by atoms with Crippen molar-refractivity contribution < 1.29 is 13.2 Å². The molecule has 0 aromatic rings. The molecule has 0 unspecified atom stereocenters. The summed E-state index contributed by atoms with van der Waals surface area (Å²) in [6.07, 6.45) is 1.91. The van der Waals surface area contributed by atoms with Gasteiger partial charge in [0, 0.05) is 6.54 Å². The standard InChI is InChI=1S/C8H18N2O3S/c1-3-5-6-9-8(11)7-10-14(12,13)4-2/h10H,3-7H2,1-2H3,(H,9,11). The molecule has 0 radical (unpaired) electrons. The number of carbonyl (C=O) groups excluding carboxylic acids is 1. The van der Waals surface area contributed by atoms with Gasteiger partial charge in [0.15, 0.2) is 0 Å². The van der Waals surface area contributed by atoms with Crippen molar-refractivity contribution in [1.82, 2.24) is 10.0 Å². The molecular weight excluding hydrogens is 204 g/mol. The summed E-state index contributed by atoms with van der Waals surface area (Å²) in [6, 6.07) is 0. The van der Waals surface area contributed by atoms with Crippen LogP contribution in [-0.2, 0) is 14.8 Å². The molecular formula is C8H18N2O3S. The zero-order chi connectivity index (χ0) is 11.0. The molecule has 0 atom stereocenters. The summed E-state index contributed by atoms with van der Waals surface area (Å²) >= 11 is 0. The van der Waals surface area contributed by atoms with Crippen LogP contribution in [0.15, 0.2) is 0 Å². The molecule has 0 aliphatic rings. The highest BCUT2D eigenvalue weighted by Gasteiger charge is 2.08. The van der Waals surface area contributed by atoms with Gasteiger partial charge in [0.05, 0.1) is 12.3 Å². The lowest BCUT2D eigenvalue weighted by Gasteiger charge is -2.05. The lowest BCUT2D eigenvalue weighted by atomic mass is 10.3. The van der Waals surface area contributed by atoms with E-state index in [9.17, 15) is 13.2 Å². The van der Waals surface area contributed by atoms with Crippen molar-refractivity contribution in [3.63, 3.8) is 0 Å². The summed E-state index contributed by atoms with van der Waals surface area (Å²) in [4.78, 5) is 11.0. The minimum atomic E-state index is -3.26. The lowest BCUT2D eigenvalue weighted by Crippen LogP contribution is -2.37. The fraction of sp³-hybridized carbons (Fsp3) is 0.875. The Labute approximate surface area is 85.3 Å². The molecule has 5 nitrogen and oxygen atoms in total. The van der Waals surface area contributed by atoms with Crippen LogP contribution in [0.25, 0.3) is 0 Å². The Balaban J connectivity index is 3.64. The van der Waals surface area contributed by atoms with Crippen LogP contribution in [0, 0.1) is 0 Å². The molecule has 1 amide bonds. The van der Waals surface area contributed by atoms with Crippen molar-refractivity contribution in [2.75, 3.05) is 18.8 Å². The van der Waals surface area contributed by atoms with Crippen molar-refractivity contribution in [1.29, 1.82) is 0 Å². The molecule has 0 saturated carbocycles. The number of sulfonamides is 1. The number of hydrogen-bond donors (Lipinski definition) is 2. The molecule has 14 heavy (non-hydrogen) atoms. The monoisotopic (exact) mass is 222 g/mol. The third-order valence-electron chi connectivity index (χ3n) is 1.69. The molecule has 0 spiro atoms. The maximum absolute atomic E-state index is 11.0. The summed E-state index contributed by atoms with van der Waals surface area (Å²) in [7, 11) is -3.26. The summed E-state index contributed by atoms with van der Waals surface area (Å²) in [5.41, 5.74) is 0. The van der Waals surface area contributed by atoms with Gasteiger partial charge in [-0.2, -0.15) is 0 Å². The van der Waals surface area contributed by atoms with Crippen LogP contribution in [0.5, 0.6) is 0 Å². The zero-order valence-corrected chi connectivity index (χ0v) is 9.49. The van der Waals surface area contributed by atoms with Gasteiger partial charge in [-0.15, -0.1) is 0 Å². The molecule has 2 N–H and O–H groups in total. The van der Waals surface area contributed by atoms with Gasteiger partial charge >= 0.3 is 0 Å². The van der Waals surface area contributed by atoms with E-state index in [4.69, 9.17) is 0 Å². The Kier molecular flexibility index (Phi) is 6.48.